The number of alkyl halides is 3. The second-order valence-corrected chi connectivity index (χ2v) is 9.95. The normalized spacial score (nSPS) is 12.7. The second-order valence-electron chi connectivity index (χ2n) is 6.97. The van der Waals surface area contributed by atoms with Crippen molar-refractivity contribution in [1.82, 2.24) is 4.98 Å². The van der Waals surface area contributed by atoms with Gasteiger partial charge in [-0.1, -0.05) is 65.3 Å². The molecule has 1 aliphatic heterocycles. The molecule has 0 aliphatic carbocycles. The molecule has 1 aromatic heterocycles. The molecule has 0 amide bonds. The third kappa shape index (κ3) is 3.87. The van der Waals surface area contributed by atoms with Crippen LogP contribution in [0.3, 0.4) is 0 Å². The van der Waals surface area contributed by atoms with E-state index in [1.54, 1.807) is 18.2 Å². The average Bonchev–Trinajstić information content (AvgIpc) is 3.09. The Kier molecular flexibility index (Phi) is 5.29. The minimum atomic E-state index is -4.40. The Morgan fingerprint density at radius 1 is 0.839 bits per heavy atom. The van der Waals surface area contributed by atoms with Crippen LogP contribution in [0.15, 0.2) is 70.5 Å². The number of nitrogens with zero attached hydrogens (tertiary/aromatic N) is 1. The van der Waals surface area contributed by atoms with Crippen molar-refractivity contribution in [1.29, 1.82) is 0 Å². The Labute approximate surface area is 194 Å². The van der Waals surface area contributed by atoms with E-state index in [2.05, 4.69) is 0 Å². The Balaban J connectivity index is 1.68. The van der Waals surface area contributed by atoms with Crippen molar-refractivity contribution in [2.45, 2.75) is 22.4 Å². The predicted molar refractivity (Wildman–Crippen MR) is 121 cm³/mol. The largest absolute Gasteiger partial charge is 0.416 e. The SMILES string of the molecule is FC(F)(F)c1ccc2c(c1)Sc1ccccc1-c1sc(Cc3c(Cl)cccc3Cl)nc1-2. The van der Waals surface area contributed by atoms with Gasteiger partial charge in [-0.25, -0.2) is 4.98 Å². The Morgan fingerprint density at radius 3 is 2.32 bits per heavy atom. The highest BCUT2D eigenvalue weighted by Gasteiger charge is 2.33. The fourth-order valence-corrected chi connectivity index (χ4v) is 6.35. The molecule has 3 aromatic carbocycles. The summed E-state index contributed by atoms with van der Waals surface area (Å²) in [5.74, 6) is 0. The van der Waals surface area contributed by atoms with Crippen molar-refractivity contribution in [3.8, 4) is 21.7 Å². The van der Waals surface area contributed by atoms with Crippen LogP contribution in [-0.4, -0.2) is 4.98 Å². The van der Waals surface area contributed by atoms with Crippen LogP contribution in [0.5, 0.6) is 0 Å². The highest BCUT2D eigenvalue weighted by atomic mass is 35.5. The standard InChI is InChI=1S/C23H12Cl2F3NS2/c24-16-5-3-6-17(25)15(16)11-20-29-21-13-9-8-12(23(26,27)28)10-19(13)30-18-7-2-1-4-14(18)22(21)31-20/h1-10H,11H2. The van der Waals surface area contributed by atoms with Crippen molar-refractivity contribution in [3.63, 3.8) is 0 Å². The molecule has 156 valence electrons. The zero-order valence-corrected chi connectivity index (χ0v) is 18.8. The summed E-state index contributed by atoms with van der Waals surface area (Å²) in [6, 6.07) is 16.9. The molecule has 0 spiro atoms. The molecule has 0 radical (unpaired) electrons. The van der Waals surface area contributed by atoms with Crippen LogP contribution < -0.4 is 0 Å². The van der Waals surface area contributed by atoms with Gasteiger partial charge in [0.15, 0.2) is 0 Å². The number of aromatic nitrogens is 1. The van der Waals surface area contributed by atoms with Gasteiger partial charge in [0.1, 0.15) is 0 Å². The Hall–Kier alpha value is -1.99. The highest BCUT2D eigenvalue weighted by Crippen LogP contribution is 2.51. The molecule has 0 saturated carbocycles. The lowest BCUT2D eigenvalue weighted by molar-refractivity contribution is -0.137. The van der Waals surface area contributed by atoms with E-state index in [9.17, 15) is 13.2 Å². The van der Waals surface area contributed by atoms with Crippen LogP contribution in [-0.2, 0) is 12.6 Å². The van der Waals surface area contributed by atoms with E-state index < -0.39 is 11.7 Å². The monoisotopic (exact) mass is 493 g/mol. The second kappa shape index (κ2) is 7.85. The summed E-state index contributed by atoms with van der Waals surface area (Å²) in [7, 11) is 0. The van der Waals surface area contributed by atoms with Gasteiger partial charge in [-0.15, -0.1) is 11.3 Å². The smallest absolute Gasteiger partial charge is 0.240 e. The molecule has 2 heterocycles. The molecule has 5 rings (SSSR count). The minimum Gasteiger partial charge on any atom is -0.240 e. The van der Waals surface area contributed by atoms with Gasteiger partial charge >= 0.3 is 6.18 Å². The number of thiazole rings is 1. The highest BCUT2D eigenvalue weighted by molar-refractivity contribution is 7.99. The molecule has 4 aromatic rings. The fraction of sp³-hybridized carbons (Fsp3) is 0.0870. The maximum atomic E-state index is 13.3. The number of hydrogen-bond donors (Lipinski definition) is 0. The number of benzene rings is 3. The van der Waals surface area contributed by atoms with Gasteiger partial charge < -0.3 is 0 Å². The van der Waals surface area contributed by atoms with Crippen molar-refractivity contribution in [2.75, 3.05) is 0 Å². The topological polar surface area (TPSA) is 12.9 Å². The molecule has 0 saturated heterocycles. The number of halogens is 5. The van der Waals surface area contributed by atoms with E-state index in [0.29, 0.717) is 32.6 Å². The first-order valence-corrected chi connectivity index (χ1v) is 11.6. The van der Waals surface area contributed by atoms with Crippen LogP contribution >= 0.6 is 46.3 Å². The van der Waals surface area contributed by atoms with Crippen LogP contribution in [0, 0.1) is 0 Å². The summed E-state index contributed by atoms with van der Waals surface area (Å²) in [5.41, 5.74) is 2.45. The van der Waals surface area contributed by atoms with Crippen LogP contribution in [0.2, 0.25) is 10.0 Å². The molecule has 0 unspecified atom stereocenters. The molecular weight excluding hydrogens is 482 g/mol. The van der Waals surface area contributed by atoms with E-state index in [1.807, 2.05) is 24.3 Å². The molecule has 8 heteroatoms. The predicted octanol–water partition coefficient (Wildman–Crippen LogP) is 8.86. The Bertz CT molecular complexity index is 1290. The molecule has 0 bridgehead atoms. The lowest BCUT2D eigenvalue weighted by atomic mass is 10.0. The molecule has 31 heavy (non-hydrogen) atoms. The van der Waals surface area contributed by atoms with E-state index >= 15 is 0 Å². The maximum absolute atomic E-state index is 13.3. The van der Waals surface area contributed by atoms with E-state index in [0.717, 1.165) is 32.0 Å². The lowest BCUT2D eigenvalue weighted by Crippen LogP contribution is -2.05. The summed E-state index contributed by atoms with van der Waals surface area (Å²) >= 11 is 15.5. The van der Waals surface area contributed by atoms with Crippen molar-refractivity contribution >= 4 is 46.3 Å². The summed E-state index contributed by atoms with van der Waals surface area (Å²) in [6.07, 6.45) is -3.96. The number of hydrogen-bond acceptors (Lipinski definition) is 3. The zero-order chi connectivity index (χ0) is 21.8. The zero-order valence-electron chi connectivity index (χ0n) is 15.6. The first-order chi connectivity index (χ1) is 14.8. The molecule has 0 fully saturated rings. The average molecular weight is 494 g/mol. The quantitative estimate of drug-likeness (QED) is 0.243. The number of fused-ring (bicyclic) bond motifs is 5. The maximum Gasteiger partial charge on any atom is 0.416 e. The molecule has 1 nitrogen and oxygen atoms in total. The third-order valence-electron chi connectivity index (χ3n) is 4.98. The van der Waals surface area contributed by atoms with Gasteiger partial charge in [-0.2, -0.15) is 13.2 Å². The summed E-state index contributed by atoms with van der Waals surface area (Å²) in [6.45, 7) is 0. The first kappa shape index (κ1) is 20.9. The summed E-state index contributed by atoms with van der Waals surface area (Å²) < 4.78 is 40.0. The van der Waals surface area contributed by atoms with Gasteiger partial charge in [0, 0.05) is 37.4 Å². The van der Waals surface area contributed by atoms with Gasteiger partial charge in [-0.3, -0.25) is 0 Å². The molecule has 0 N–H and O–H groups in total. The van der Waals surface area contributed by atoms with E-state index in [-0.39, 0.29) is 0 Å². The summed E-state index contributed by atoms with van der Waals surface area (Å²) in [5, 5.41) is 1.92. The Morgan fingerprint density at radius 2 is 1.58 bits per heavy atom. The third-order valence-corrected chi connectivity index (χ3v) is 7.91. The van der Waals surface area contributed by atoms with Crippen LogP contribution in [0.1, 0.15) is 16.1 Å². The minimum absolute atomic E-state index is 0.446. The van der Waals surface area contributed by atoms with Crippen LogP contribution in [0.25, 0.3) is 21.7 Å². The lowest BCUT2D eigenvalue weighted by Gasteiger charge is -2.11. The van der Waals surface area contributed by atoms with Crippen molar-refractivity contribution in [2.24, 2.45) is 0 Å². The number of rotatable bonds is 2. The van der Waals surface area contributed by atoms with Crippen LogP contribution in [0.4, 0.5) is 13.2 Å². The van der Waals surface area contributed by atoms with E-state index in [4.69, 9.17) is 28.2 Å². The summed E-state index contributed by atoms with van der Waals surface area (Å²) in [4.78, 5) is 7.19. The van der Waals surface area contributed by atoms with Gasteiger partial charge in [0.25, 0.3) is 0 Å². The fourth-order valence-electron chi connectivity index (χ4n) is 3.50. The molecule has 0 atom stereocenters. The molecular formula is C23H12Cl2F3NS2. The molecule has 1 aliphatic rings. The first-order valence-electron chi connectivity index (χ1n) is 9.23. The van der Waals surface area contributed by atoms with Crippen molar-refractivity contribution in [3.05, 3.63) is 86.8 Å². The van der Waals surface area contributed by atoms with E-state index in [1.165, 1.54) is 35.2 Å². The van der Waals surface area contributed by atoms with Gasteiger partial charge in [0.05, 0.1) is 21.1 Å². The van der Waals surface area contributed by atoms with Crippen molar-refractivity contribution < 1.29 is 13.2 Å². The van der Waals surface area contributed by atoms with Gasteiger partial charge in [-0.05, 0) is 35.9 Å². The van der Waals surface area contributed by atoms with Gasteiger partial charge in [0.2, 0.25) is 0 Å².